The second kappa shape index (κ2) is 5.21. The molecule has 0 saturated heterocycles. The van der Waals surface area contributed by atoms with Gasteiger partial charge in [-0.1, -0.05) is 19.3 Å². The Morgan fingerprint density at radius 1 is 1.24 bits per heavy atom. The highest BCUT2D eigenvalue weighted by molar-refractivity contribution is 5.14. The second-order valence-corrected chi connectivity index (χ2v) is 5.77. The number of imidazole rings is 1. The van der Waals surface area contributed by atoms with Crippen LogP contribution in [0, 0.1) is 11.8 Å². The maximum atomic E-state index is 4.10. The zero-order chi connectivity index (χ0) is 11.5. The van der Waals surface area contributed by atoms with Crippen LogP contribution in [0.5, 0.6) is 0 Å². The Bertz CT molecular complexity index is 327. The van der Waals surface area contributed by atoms with Gasteiger partial charge in [-0.3, -0.25) is 0 Å². The Morgan fingerprint density at radius 3 is 2.88 bits per heavy atom. The van der Waals surface area contributed by atoms with E-state index in [0.717, 1.165) is 17.8 Å². The third kappa shape index (κ3) is 2.89. The van der Waals surface area contributed by atoms with E-state index >= 15 is 0 Å². The molecule has 1 aromatic heterocycles. The van der Waals surface area contributed by atoms with Gasteiger partial charge in [0.25, 0.3) is 0 Å². The summed E-state index contributed by atoms with van der Waals surface area (Å²) in [5, 5.41) is 3.67. The predicted octanol–water partition coefficient (Wildman–Crippen LogP) is 2.68. The molecule has 0 bridgehead atoms. The van der Waals surface area contributed by atoms with Gasteiger partial charge in [-0.05, 0) is 44.2 Å². The van der Waals surface area contributed by atoms with Gasteiger partial charge < -0.3 is 10.3 Å². The third-order valence-electron chi connectivity index (χ3n) is 4.41. The molecular weight excluding hydrogens is 210 g/mol. The highest BCUT2D eigenvalue weighted by Crippen LogP contribution is 2.45. The largest absolute Gasteiger partial charge is 0.348 e. The van der Waals surface area contributed by atoms with Crippen molar-refractivity contribution in [3.63, 3.8) is 0 Å². The summed E-state index contributed by atoms with van der Waals surface area (Å²) < 4.78 is 0. The summed E-state index contributed by atoms with van der Waals surface area (Å²) in [6.07, 6.45) is 12.4. The lowest BCUT2D eigenvalue weighted by Crippen LogP contribution is -2.26. The molecule has 3 nitrogen and oxygen atoms in total. The summed E-state index contributed by atoms with van der Waals surface area (Å²) in [4.78, 5) is 7.33. The molecule has 2 saturated carbocycles. The van der Waals surface area contributed by atoms with E-state index in [2.05, 4.69) is 15.3 Å². The van der Waals surface area contributed by atoms with Gasteiger partial charge in [-0.25, -0.2) is 4.98 Å². The van der Waals surface area contributed by atoms with E-state index in [0.29, 0.717) is 0 Å². The topological polar surface area (TPSA) is 40.7 Å². The summed E-state index contributed by atoms with van der Waals surface area (Å²) in [5.41, 5.74) is 1.33. The number of aromatic amines is 1. The van der Waals surface area contributed by atoms with E-state index in [1.54, 1.807) is 6.33 Å². The van der Waals surface area contributed by atoms with Crippen LogP contribution in [0.15, 0.2) is 12.5 Å². The molecule has 2 fully saturated rings. The minimum absolute atomic E-state index is 0.747. The number of hydrogen-bond acceptors (Lipinski definition) is 2. The summed E-state index contributed by atoms with van der Waals surface area (Å²) in [6, 6.07) is 0. The van der Waals surface area contributed by atoms with E-state index in [4.69, 9.17) is 0 Å². The summed E-state index contributed by atoms with van der Waals surface area (Å²) in [6.45, 7) is 2.44. The normalized spacial score (nSPS) is 29.4. The van der Waals surface area contributed by atoms with Gasteiger partial charge in [-0.2, -0.15) is 0 Å². The number of hydrogen-bond donors (Lipinski definition) is 2. The molecule has 1 heterocycles. The number of nitrogens with zero attached hydrogens (tertiary/aromatic N) is 1. The molecule has 0 radical (unpaired) electrons. The lowest BCUT2D eigenvalue weighted by molar-refractivity contribution is 0.340. The fourth-order valence-corrected chi connectivity index (χ4v) is 3.19. The molecule has 0 aliphatic heterocycles. The molecule has 17 heavy (non-hydrogen) atoms. The molecule has 3 heteroatoms. The quantitative estimate of drug-likeness (QED) is 0.821. The van der Waals surface area contributed by atoms with Crippen LogP contribution >= 0.6 is 0 Å². The van der Waals surface area contributed by atoms with Crippen molar-refractivity contribution in [2.75, 3.05) is 13.1 Å². The predicted molar refractivity (Wildman–Crippen MR) is 68.9 cm³/mol. The fourth-order valence-electron chi connectivity index (χ4n) is 3.19. The van der Waals surface area contributed by atoms with Crippen molar-refractivity contribution in [3.8, 4) is 0 Å². The number of nitrogens with one attached hydrogen (secondary N) is 2. The summed E-state index contributed by atoms with van der Waals surface area (Å²) in [5.74, 6) is 2.54. The molecule has 0 amide bonds. The first-order chi connectivity index (χ1) is 8.43. The highest BCUT2D eigenvalue weighted by atomic mass is 14.9. The van der Waals surface area contributed by atoms with Crippen LogP contribution < -0.4 is 5.32 Å². The number of aromatic nitrogens is 2. The van der Waals surface area contributed by atoms with Crippen LogP contribution in [0.3, 0.4) is 0 Å². The van der Waals surface area contributed by atoms with E-state index in [1.807, 2.05) is 6.20 Å². The van der Waals surface area contributed by atoms with Crippen LogP contribution in [-0.4, -0.2) is 23.1 Å². The van der Waals surface area contributed by atoms with Gasteiger partial charge in [0, 0.05) is 17.8 Å². The smallest absolute Gasteiger partial charge is 0.0921 e. The zero-order valence-corrected chi connectivity index (χ0v) is 10.5. The van der Waals surface area contributed by atoms with E-state index in [9.17, 15) is 0 Å². The van der Waals surface area contributed by atoms with Gasteiger partial charge in [0.05, 0.1) is 6.33 Å². The first-order valence-corrected chi connectivity index (χ1v) is 7.12. The van der Waals surface area contributed by atoms with Crippen molar-refractivity contribution in [1.29, 1.82) is 0 Å². The minimum atomic E-state index is 0.747. The van der Waals surface area contributed by atoms with Crippen molar-refractivity contribution in [2.45, 2.75) is 44.4 Å². The molecular formula is C14H23N3. The lowest BCUT2D eigenvalue weighted by atomic mass is 9.89. The SMILES string of the molecule is c1ncc([C@H]2C[C@H]2CNCC2CCCCC2)[nH]1. The lowest BCUT2D eigenvalue weighted by Gasteiger charge is -2.21. The Kier molecular flexibility index (Phi) is 3.46. The molecule has 0 spiro atoms. The zero-order valence-electron chi connectivity index (χ0n) is 10.5. The van der Waals surface area contributed by atoms with E-state index in [1.165, 1.54) is 57.3 Å². The van der Waals surface area contributed by atoms with Crippen LogP contribution in [0.2, 0.25) is 0 Å². The molecule has 1 aromatic rings. The molecule has 2 atom stereocenters. The first kappa shape index (κ1) is 11.3. The van der Waals surface area contributed by atoms with Crippen LogP contribution in [0.4, 0.5) is 0 Å². The maximum absolute atomic E-state index is 4.10. The van der Waals surface area contributed by atoms with Crippen molar-refractivity contribution >= 4 is 0 Å². The standard InChI is InChI=1S/C14H23N3/c1-2-4-11(5-3-1)7-15-8-12-6-13(12)14-9-16-10-17-14/h9-13,15H,1-8H2,(H,16,17)/t12-,13-/m0/s1. The molecule has 0 aromatic carbocycles. The van der Waals surface area contributed by atoms with Crippen molar-refractivity contribution in [2.24, 2.45) is 11.8 Å². The molecule has 2 aliphatic carbocycles. The summed E-state index contributed by atoms with van der Waals surface area (Å²) >= 11 is 0. The molecule has 2 aliphatic rings. The van der Waals surface area contributed by atoms with Gasteiger partial charge in [0.1, 0.15) is 0 Å². The maximum Gasteiger partial charge on any atom is 0.0921 e. The monoisotopic (exact) mass is 233 g/mol. The fraction of sp³-hybridized carbons (Fsp3) is 0.786. The minimum Gasteiger partial charge on any atom is -0.348 e. The van der Waals surface area contributed by atoms with E-state index < -0.39 is 0 Å². The van der Waals surface area contributed by atoms with Gasteiger partial charge in [0.2, 0.25) is 0 Å². The second-order valence-electron chi connectivity index (χ2n) is 5.77. The van der Waals surface area contributed by atoms with Crippen molar-refractivity contribution in [3.05, 3.63) is 18.2 Å². The average molecular weight is 233 g/mol. The van der Waals surface area contributed by atoms with Crippen molar-refractivity contribution < 1.29 is 0 Å². The third-order valence-corrected chi connectivity index (χ3v) is 4.41. The van der Waals surface area contributed by atoms with E-state index in [-0.39, 0.29) is 0 Å². The number of H-pyrrole nitrogens is 1. The van der Waals surface area contributed by atoms with Crippen LogP contribution in [-0.2, 0) is 0 Å². The first-order valence-electron chi connectivity index (χ1n) is 7.12. The Hall–Kier alpha value is -0.830. The van der Waals surface area contributed by atoms with Crippen molar-refractivity contribution in [1.82, 2.24) is 15.3 Å². The summed E-state index contributed by atoms with van der Waals surface area (Å²) in [7, 11) is 0. The van der Waals surface area contributed by atoms with Gasteiger partial charge in [0.15, 0.2) is 0 Å². The van der Waals surface area contributed by atoms with Crippen LogP contribution in [0.25, 0.3) is 0 Å². The molecule has 2 N–H and O–H groups in total. The molecule has 94 valence electrons. The van der Waals surface area contributed by atoms with Gasteiger partial charge in [-0.15, -0.1) is 0 Å². The highest BCUT2D eigenvalue weighted by Gasteiger charge is 2.38. The number of rotatable bonds is 5. The Labute approximate surface area is 103 Å². The average Bonchev–Trinajstić information content (AvgIpc) is 2.93. The van der Waals surface area contributed by atoms with Crippen LogP contribution in [0.1, 0.15) is 50.1 Å². The Balaban J connectivity index is 1.33. The van der Waals surface area contributed by atoms with Gasteiger partial charge >= 0.3 is 0 Å². The Morgan fingerprint density at radius 2 is 2.12 bits per heavy atom. The molecule has 3 rings (SSSR count). The molecule has 0 unspecified atom stereocenters.